The van der Waals surface area contributed by atoms with E-state index in [-0.39, 0.29) is 24.9 Å². The summed E-state index contributed by atoms with van der Waals surface area (Å²) in [5.74, 6) is 1.97. The topological polar surface area (TPSA) is 109 Å². The molecule has 1 aromatic carbocycles. The SMILES string of the molecule is O=C(NCCC(=O)N1CCN(c2ncccn2)CC1)Nc1ccc2c(c1)OCCO2. The Morgan fingerprint density at radius 3 is 2.50 bits per heavy atom. The summed E-state index contributed by atoms with van der Waals surface area (Å²) in [6.07, 6.45) is 3.67. The van der Waals surface area contributed by atoms with Gasteiger partial charge in [-0.3, -0.25) is 4.79 Å². The van der Waals surface area contributed by atoms with Crippen LogP contribution in [-0.4, -0.2) is 72.7 Å². The number of hydrogen-bond acceptors (Lipinski definition) is 7. The molecular weight excluding hydrogens is 388 g/mol. The van der Waals surface area contributed by atoms with E-state index >= 15 is 0 Å². The minimum Gasteiger partial charge on any atom is -0.486 e. The molecule has 0 unspecified atom stereocenters. The predicted molar refractivity (Wildman–Crippen MR) is 110 cm³/mol. The van der Waals surface area contributed by atoms with Crippen LogP contribution >= 0.6 is 0 Å². The molecule has 2 aromatic rings. The van der Waals surface area contributed by atoms with Crippen LogP contribution in [-0.2, 0) is 4.79 Å². The lowest BCUT2D eigenvalue weighted by Crippen LogP contribution is -2.49. The van der Waals surface area contributed by atoms with Gasteiger partial charge in [0, 0.05) is 63.3 Å². The van der Waals surface area contributed by atoms with Gasteiger partial charge >= 0.3 is 6.03 Å². The molecular formula is C20H24N6O4. The monoisotopic (exact) mass is 412 g/mol. The molecule has 1 fully saturated rings. The fourth-order valence-electron chi connectivity index (χ4n) is 3.35. The van der Waals surface area contributed by atoms with Crippen LogP contribution in [0.3, 0.4) is 0 Å². The van der Waals surface area contributed by atoms with Crippen molar-refractivity contribution in [1.29, 1.82) is 0 Å². The van der Waals surface area contributed by atoms with Gasteiger partial charge in [-0.05, 0) is 18.2 Å². The highest BCUT2D eigenvalue weighted by Gasteiger charge is 2.22. The van der Waals surface area contributed by atoms with Crippen molar-refractivity contribution in [3.8, 4) is 11.5 Å². The lowest BCUT2D eigenvalue weighted by molar-refractivity contribution is -0.131. The first-order valence-electron chi connectivity index (χ1n) is 9.93. The van der Waals surface area contributed by atoms with Crippen molar-refractivity contribution < 1.29 is 19.1 Å². The molecule has 10 nitrogen and oxygen atoms in total. The van der Waals surface area contributed by atoms with Crippen LogP contribution in [0.15, 0.2) is 36.7 Å². The van der Waals surface area contributed by atoms with Gasteiger partial charge in [0.25, 0.3) is 0 Å². The molecule has 1 saturated heterocycles. The summed E-state index contributed by atoms with van der Waals surface area (Å²) < 4.78 is 11.0. The zero-order valence-electron chi connectivity index (χ0n) is 16.5. The standard InChI is InChI=1S/C20H24N6O4/c27-18(25-8-10-26(11-9-25)19-21-5-1-6-22-19)4-7-23-20(28)24-15-2-3-16-17(14-15)30-13-12-29-16/h1-3,5-6,14H,4,7-13H2,(H2,23,24,28). The lowest BCUT2D eigenvalue weighted by Gasteiger charge is -2.34. The molecule has 2 N–H and O–H groups in total. The van der Waals surface area contributed by atoms with E-state index in [1.165, 1.54) is 0 Å². The predicted octanol–water partition coefficient (Wildman–Crippen LogP) is 1.11. The number of amides is 3. The summed E-state index contributed by atoms with van der Waals surface area (Å²) in [7, 11) is 0. The van der Waals surface area contributed by atoms with Gasteiger partial charge in [0.05, 0.1) is 0 Å². The van der Waals surface area contributed by atoms with E-state index in [9.17, 15) is 9.59 Å². The van der Waals surface area contributed by atoms with Crippen LogP contribution in [0.2, 0.25) is 0 Å². The first-order chi connectivity index (χ1) is 14.7. The van der Waals surface area contributed by atoms with Gasteiger partial charge in [0.15, 0.2) is 11.5 Å². The Labute approximate surface area is 174 Å². The third-order valence-electron chi connectivity index (χ3n) is 4.89. The first kappa shape index (κ1) is 19.7. The van der Waals surface area contributed by atoms with Gasteiger partial charge in [-0.2, -0.15) is 0 Å². The summed E-state index contributed by atoms with van der Waals surface area (Å²) in [5.41, 5.74) is 0.599. The summed E-state index contributed by atoms with van der Waals surface area (Å²) in [6.45, 7) is 3.86. The quantitative estimate of drug-likeness (QED) is 0.757. The molecule has 30 heavy (non-hydrogen) atoms. The molecule has 0 saturated carbocycles. The van der Waals surface area contributed by atoms with Crippen molar-refractivity contribution in [3.05, 3.63) is 36.7 Å². The summed E-state index contributed by atoms with van der Waals surface area (Å²) in [6, 6.07) is 6.63. The zero-order valence-corrected chi connectivity index (χ0v) is 16.5. The highest BCUT2D eigenvalue weighted by Crippen LogP contribution is 2.32. The van der Waals surface area contributed by atoms with E-state index in [2.05, 4.69) is 25.5 Å². The van der Waals surface area contributed by atoms with Crippen LogP contribution in [0.5, 0.6) is 11.5 Å². The molecule has 10 heteroatoms. The Morgan fingerprint density at radius 2 is 1.73 bits per heavy atom. The molecule has 4 rings (SSSR count). The molecule has 158 valence electrons. The van der Waals surface area contributed by atoms with E-state index in [1.54, 1.807) is 41.6 Å². The highest BCUT2D eigenvalue weighted by molar-refractivity contribution is 5.90. The first-order valence-corrected chi connectivity index (χ1v) is 9.93. The number of nitrogens with one attached hydrogen (secondary N) is 2. The van der Waals surface area contributed by atoms with Gasteiger partial charge < -0.3 is 29.9 Å². The average molecular weight is 412 g/mol. The molecule has 0 radical (unpaired) electrons. The second-order valence-corrected chi connectivity index (χ2v) is 6.91. The molecule has 0 atom stereocenters. The smallest absolute Gasteiger partial charge is 0.319 e. The van der Waals surface area contributed by atoms with E-state index in [1.807, 2.05) is 0 Å². The largest absolute Gasteiger partial charge is 0.486 e. The molecule has 1 aromatic heterocycles. The maximum Gasteiger partial charge on any atom is 0.319 e. The summed E-state index contributed by atoms with van der Waals surface area (Å²) in [4.78, 5) is 36.9. The van der Waals surface area contributed by atoms with Gasteiger partial charge in [-0.15, -0.1) is 0 Å². The summed E-state index contributed by atoms with van der Waals surface area (Å²) in [5, 5.41) is 5.45. The van der Waals surface area contributed by atoms with Gasteiger partial charge in [0.2, 0.25) is 11.9 Å². The van der Waals surface area contributed by atoms with Gasteiger partial charge in [-0.1, -0.05) is 0 Å². The Kier molecular flexibility index (Phi) is 6.11. The number of rotatable bonds is 5. The number of nitrogens with zero attached hydrogens (tertiary/aromatic N) is 4. The second kappa shape index (κ2) is 9.29. The Bertz CT molecular complexity index is 886. The fraction of sp³-hybridized carbons (Fsp3) is 0.400. The molecule has 2 aliphatic rings. The van der Waals surface area contributed by atoms with E-state index in [0.29, 0.717) is 62.5 Å². The number of hydrogen-bond donors (Lipinski definition) is 2. The van der Waals surface area contributed by atoms with Crippen molar-refractivity contribution >= 4 is 23.6 Å². The maximum atomic E-state index is 12.4. The lowest BCUT2D eigenvalue weighted by atomic mass is 10.2. The highest BCUT2D eigenvalue weighted by atomic mass is 16.6. The normalized spacial score (nSPS) is 15.5. The Morgan fingerprint density at radius 1 is 1.00 bits per heavy atom. The van der Waals surface area contributed by atoms with Crippen LogP contribution in [0.1, 0.15) is 6.42 Å². The van der Waals surface area contributed by atoms with E-state index < -0.39 is 0 Å². The van der Waals surface area contributed by atoms with Gasteiger partial charge in [-0.25, -0.2) is 14.8 Å². The van der Waals surface area contributed by atoms with Crippen molar-refractivity contribution in [3.63, 3.8) is 0 Å². The third kappa shape index (κ3) is 4.88. The number of aromatic nitrogens is 2. The molecule has 3 amide bonds. The molecule has 2 aliphatic heterocycles. The molecule has 0 spiro atoms. The van der Waals surface area contributed by atoms with Crippen LogP contribution < -0.4 is 25.0 Å². The number of ether oxygens (including phenoxy) is 2. The Hall–Kier alpha value is -3.56. The van der Waals surface area contributed by atoms with Crippen molar-refractivity contribution in [2.45, 2.75) is 6.42 Å². The third-order valence-corrected chi connectivity index (χ3v) is 4.89. The van der Waals surface area contributed by atoms with E-state index in [0.717, 1.165) is 0 Å². The number of fused-ring (bicyclic) bond motifs is 1. The fourth-order valence-corrected chi connectivity index (χ4v) is 3.35. The minimum atomic E-state index is -0.370. The summed E-state index contributed by atoms with van der Waals surface area (Å²) >= 11 is 0. The van der Waals surface area contributed by atoms with Crippen LogP contribution in [0, 0.1) is 0 Å². The molecule has 0 bridgehead atoms. The number of anilines is 2. The maximum absolute atomic E-state index is 12.4. The number of benzene rings is 1. The van der Waals surface area contributed by atoms with Crippen molar-refractivity contribution in [1.82, 2.24) is 20.2 Å². The van der Waals surface area contributed by atoms with Gasteiger partial charge in [0.1, 0.15) is 13.2 Å². The second-order valence-electron chi connectivity index (χ2n) is 6.91. The number of carbonyl (C=O) groups excluding carboxylic acids is 2. The van der Waals surface area contributed by atoms with Crippen LogP contribution in [0.4, 0.5) is 16.4 Å². The number of urea groups is 1. The number of carbonyl (C=O) groups is 2. The molecule has 3 heterocycles. The van der Waals surface area contributed by atoms with Crippen molar-refractivity contribution in [2.75, 3.05) is 56.2 Å². The zero-order chi connectivity index (χ0) is 20.8. The average Bonchev–Trinajstić information content (AvgIpc) is 2.79. The van der Waals surface area contributed by atoms with Crippen molar-refractivity contribution in [2.24, 2.45) is 0 Å². The minimum absolute atomic E-state index is 0.0169. The Balaban J connectivity index is 1.17. The van der Waals surface area contributed by atoms with E-state index in [4.69, 9.17) is 9.47 Å². The number of piperazine rings is 1. The molecule has 0 aliphatic carbocycles. The van der Waals surface area contributed by atoms with Crippen LogP contribution in [0.25, 0.3) is 0 Å².